The summed E-state index contributed by atoms with van der Waals surface area (Å²) in [7, 11) is 0. The molecule has 1 aliphatic heterocycles. The Hall–Kier alpha value is -0.0800. The first-order valence-electron chi connectivity index (χ1n) is 5.44. The Morgan fingerprint density at radius 1 is 1.31 bits per heavy atom. The van der Waals surface area contributed by atoms with Crippen molar-refractivity contribution in [3.8, 4) is 0 Å². The van der Waals surface area contributed by atoms with Gasteiger partial charge >= 0.3 is 0 Å². The lowest BCUT2D eigenvalue weighted by atomic mass is 10.0. The highest BCUT2D eigenvalue weighted by Crippen LogP contribution is 2.25. The van der Waals surface area contributed by atoms with E-state index in [4.69, 9.17) is 0 Å². The molecule has 0 saturated carbocycles. The van der Waals surface area contributed by atoms with Gasteiger partial charge in [0.05, 0.1) is 6.10 Å². The van der Waals surface area contributed by atoms with Gasteiger partial charge in [-0.25, -0.2) is 0 Å². The van der Waals surface area contributed by atoms with Gasteiger partial charge in [0.1, 0.15) is 0 Å². The van der Waals surface area contributed by atoms with E-state index in [1.54, 1.807) is 0 Å². The molecule has 2 heteroatoms. The summed E-state index contributed by atoms with van der Waals surface area (Å²) in [6.45, 7) is 9.80. The van der Waals surface area contributed by atoms with Gasteiger partial charge < -0.3 is 5.11 Å². The Balaban J connectivity index is 2.50. The number of hydrogen-bond donors (Lipinski definition) is 1. The number of β-amino-alcohol motifs (C(OH)–C–C–N with tert-alkyl or cyclic N) is 1. The Kier molecular flexibility index (Phi) is 3.74. The van der Waals surface area contributed by atoms with Crippen molar-refractivity contribution in [2.75, 3.05) is 6.54 Å². The average Bonchev–Trinajstić information content (AvgIpc) is 2.29. The Morgan fingerprint density at radius 3 is 2.38 bits per heavy atom. The van der Waals surface area contributed by atoms with E-state index >= 15 is 0 Å². The van der Waals surface area contributed by atoms with Crippen LogP contribution in [-0.4, -0.2) is 34.7 Å². The van der Waals surface area contributed by atoms with Crippen molar-refractivity contribution in [2.24, 2.45) is 5.92 Å². The molecule has 1 N–H and O–H groups in total. The van der Waals surface area contributed by atoms with Crippen LogP contribution in [0.2, 0.25) is 0 Å². The van der Waals surface area contributed by atoms with E-state index < -0.39 is 0 Å². The highest BCUT2D eigenvalue weighted by molar-refractivity contribution is 4.87. The molecule has 1 heterocycles. The minimum absolute atomic E-state index is 0.0915. The lowest BCUT2D eigenvalue weighted by molar-refractivity contribution is 0.154. The molecule has 2 atom stereocenters. The van der Waals surface area contributed by atoms with E-state index in [2.05, 4.69) is 32.6 Å². The maximum Gasteiger partial charge on any atom is 0.0682 e. The van der Waals surface area contributed by atoms with Crippen molar-refractivity contribution in [2.45, 2.75) is 58.7 Å². The van der Waals surface area contributed by atoms with Crippen molar-refractivity contribution in [1.82, 2.24) is 4.90 Å². The van der Waals surface area contributed by atoms with E-state index in [0.717, 1.165) is 18.9 Å². The number of nitrogens with zero attached hydrogens (tertiary/aromatic N) is 1. The van der Waals surface area contributed by atoms with Gasteiger partial charge in [0.2, 0.25) is 0 Å². The zero-order chi connectivity index (χ0) is 10.0. The van der Waals surface area contributed by atoms with Gasteiger partial charge in [-0.1, -0.05) is 13.8 Å². The monoisotopic (exact) mass is 185 g/mol. The molecule has 1 rings (SSSR count). The molecule has 0 spiro atoms. The molecule has 0 aliphatic carbocycles. The molecule has 78 valence electrons. The van der Waals surface area contributed by atoms with Crippen LogP contribution in [0.25, 0.3) is 0 Å². The third-order valence-corrected chi connectivity index (χ3v) is 2.84. The van der Waals surface area contributed by atoms with E-state index in [0.29, 0.717) is 12.1 Å². The van der Waals surface area contributed by atoms with Crippen LogP contribution in [0.4, 0.5) is 0 Å². The number of aliphatic hydroxyl groups excluding tert-OH is 1. The molecular formula is C11H23NO. The average molecular weight is 185 g/mol. The number of aliphatic hydroxyl groups is 1. The van der Waals surface area contributed by atoms with Gasteiger partial charge in [0.25, 0.3) is 0 Å². The van der Waals surface area contributed by atoms with E-state index in [1.807, 2.05) is 0 Å². The van der Waals surface area contributed by atoms with Crippen LogP contribution in [0.15, 0.2) is 0 Å². The number of hydrogen-bond acceptors (Lipinski definition) is 2. The largest absolute Gasteiger partial charge is 0.392 e. The van der Waals surface area contributed by atoms with E-state index in [9.17, 15) is 5.11 Å². The summed E-state index contributed by atoms with van der Waals surface area (Å²) in [6.07, 6.45) is 2.09. The predicted octanol–water partition coefficient (Wildman–Crippen LogP) is 1.88. The molecule has 1 fully saturated rings. The highest BCUT2D eigenvalue weighted by Gasteiger charge is 2.32. The second-order valence-electron chi connectivity index (χ2n) is 4.96. The van der Waals surface area contributed by atoms with Crippen molar-refractivity contribution >= 4 is 0 Å². The fourth-order valence-corrected chi connectivity index (χ4v) is 2.32. The van der Waals surface area contributed by atoms with Crippen LogP contribution in [0.5, 0.6) is 0 Å². The molecule has 0 aromatic rings. The summed E-state index contributed by atoms with van der Waals surface area (Å²) in [4.78, 5) is 2.44. The standard InChI is InChI=1S/C11H23NO/c1-8(2)5-10-6-11(13)7-12(10)9(3)4/h8-11,13H,5-7H2,1-4H3/t10-,11+/m1/s1. The summed E-state index contributed by atoms with van der Waals surface area (Å²) in [5, 5.41) is 9.59. The Bertz CT molecular complexity index is 156. The fourth-order valence-electron chi connectivity index (χ4n) is 2.32. The first-order valence-corrected chi connectivity index (χ1v) is 5.44. The van der Waals surface area contributed by atoms with Gasteiger partial charge in [-0.05, 0) is 32.6 Å². The molecular weight excluding hydrogens is 162 g/mol. The summed E-state index contributed by atoms with van der Waals surface area (Å²) in [5.41, 5.74) is 0. The predicted molar refractivity (Wildman–Crippen MR) is 55.7 cm³/mol. The molecule has 13 heavy (non-hydrogen) atoms. The van der Waals surface area contributed by atoms with Crippen LogP contribution >= 0.6 is 0 Å². The second-order valence-corrected chi connectivity index (χ2v) is 4.96. The molecule has 0 aromatic carbocycles. The molecule has 1 saturated heterocycles. The van der Waals surface area contributed by atoms with Crippen molar-refractivity contribution in [3.05, 3.63) is 0 Å². The van der Waals surface area contributed by atoms with Gasteiger partial charge in [0, 0.05) is 18.6 Å². The summed E-state index contributed by atoms with van der Waals surface area (Å²) >= 11 is 0. The van der Waals surface area contributed by atoms with Crippen LogP contribution in [0.1, 0.15) is 40.5 Å². The number of rotatable bonds is 3. The van der Waals surface area contributed by atoms with Crippen molar-refractivity contribution < 1.29 is 5.11 Å². The van der Waals surface area contributed by atoms with Crippen LogP contribution in [0, 0.1) is 5.92 Å². The van der Waals surface area contributed by atoms with E-state index in [-0.39, 0.29) is 6.10 Å². The third-order valence-electron chi connectivity index (χ3n) is 2.84. The Morgan fingerprint density at radius 2 is 1.92 bits per heavy atom. The van der Waals surface area contributed by atoms with Crippen molar-refractivity contribution in [3.63, 3.8) is 0 Å². The van der Waals surface area contributed by atoms with Gasteiger partial charge in [-0.3, -0.25) is 4.90 Å². The molecule has 2 nitrogen and oxygen atoms in total. The third kappa shape index (κ3) is 2.96. The van der Waals surface area contributed by atoms with Crippen LogP contribution < -0.4 is 0 Å². The minimum atomic E-state index is -0.0915. The van der Waals surface area contributed by atoms with Crippen LogP contribution in [-0.2, 0) is 0 Å². The van der Waals surface area contributed by atoms with Gasteiger partial charge in [0.15, 0.2) is 0 Å². The molecule has 0 aromatic heterocycles. The smallest absolute Gasteiger partial charge is 0.0682 e. The molecule has 1 aliphatic rings. The maximum absolute atomic E-state index is 9.59. The van der Waals surface area contributed by atoms with E-state index in [1.165, 1.54) is 6.42 Å². The SMILES string of the molecule is CC(C)C[C@@H]1C[C@H](O)CN1C(C)C. The molecule has 0 radical (unpaired) electrons. The topological polar surface area (TPSA) is 23.5 Å². The minimum Gasteiger partial charge on any atom is -0.392 e. The first-order chi connectivity index (χ1) is 6.00. The van der Waals surface area contributed by atoms with Gasteiger partial charge in [-0.2, -0.15) is 0 Å². The first kappa shape index (κ1) is 11.0. The Labute approximate surface area is 81.9 Å². The van der Waals surface area contributed by atoms with Crippen LogP contribution in [0.3, 0.4) is 0 Å². The maximum atomic E-state index is 9.59. The molecule has 0 unspecified atom stereocenters. The van der Waals surface area contributed by atoms with Crippen molar-refractivity contribution in [1.29, 1.82) is 0 Å². The lowest BCUT2D eigenvalue weighted by Gasteiger charge is -2.28. The lowest BCUT2D eigenvalue weighted by Crippen LogP contribution is -2.36. The van der Waals surface area contributed by atoms with Gasteiger partial charge in [-0.15, -0.1) is 0 Å². The highest BCUT2D eigenvalue weighted by atomic mass is 16.3. The number of likely N-dealkylation sites (tertiary alicyclic amines) is 1. The molecule has 0 bridgehead atoms. The summed E-state index contributed by atoms with van der Waals surface area (Å²) < 4.78 is 0. The zero-order valence-corrected chi connectivity index (χ0v) is 9.33. The fraction of sp³-hybridized carbons (Fsp3) is 1.00. The molecule has 0 amide bonds. The summed E-state index contributed by atoms with van der Waals surface area (Å²) in [5.74, 6) is 0.733. The summed E-state index contributed by atoms with van der Waals surface area (Å²) in [6, 6.07) is 1.18. The zero-order valence-electron chi connectivity index (χ0n) is 9.33. The quantitative estimate of drug-likeness (QED) is 0.725. The second kappa shape index (κ2) is 4.43. The normalized spacial score (nSPS) is 30.7.